The number of fused-ring (bicyclic) bond motifs is 1. The lowest BCUT2D eigenvalue weighted by atomic mass is 10.1. The number of hydrogen-bond donors (Lipinski definition) is 1. The van der Waals surface area contributed by atoms with Crippen molar-refractivity contribution in [1.29, 1.82) is 0 Å². The lowest BCUT2D eigenvalue weighted by Crippen LogP contribution is -2.23. The van der Waals surface area contributed by atoms with Gasteiger partial charge in [0.25, 0.3) is 0 Å². The molecule has 0 bridgehead atoms. The third-order valence-electron chi connectivity index (χ3n) is 2.54. The van der Waals surface area contributed by atoms with Crippen molar-refractivity contribution >= 4 is 39.3 Å². The number of halogens is 4. The molecule has 0 amide bonds. The maximum absolute atomic E-state index is 12.3. The van der Waals surface area contributed by atoms with Crippen molar-refractivity contribution in [3.8, 4) is 0 Å². The van der Waals surface area contributed by atoms with E-state index in [4.69, 9.17) is 11.6 Å². The quantitative estimate of drug-likeness (QED) is 0.891. The zero-order valence-corrected chi connectivity index (χ0v) is 13.4. The Balaban J connectivity index is 0.00000106. The van der Waals surface area contributed by atoms with E-state index in [1.54, 1.807) is 26.1 Å². The van der Waals surface area contributed by atoms with E-state index < -0.39 is 16.5 Å². The van der Waals surface area contributed by atoms with Crippen molar-refractivity contribution in [3.05, 3.63) is 22.7 Å². The highest BCUT2D eigenvalue weighted by Gasteiger charge is 2.38. The highest BCUT2D eigenvalue weighted by atomic mass is 35.5. The highest BCUT2D eigenvalue weighted by molar-refractivity contribution is 7.87. The molecule has 0 aliphatic rings. The molecule has 2 rings (SSSR count). The van der Waals surface area contributed by atoms with Crippen LogP contribution in [-0.2, 0) is 18.0 Å². The Kier molecular flexibility index (Phi) is 5.63. The first kappa shape index (κ1) is 17.8. The SMILES string of the molecule is CC.Cc1ccc(Cl)c2c(NS(=O)C(F)(F)F)nn(C)c12. The summed E-state index contributed by atoms with van der Waals surface area (Å²) in [5.74, 6) is -0.151. The number of nitrogens with one attached hydrogen (secondary N) is 1. The van der Waals surface area contributed by atoms with Crippen LogP contribution in [0.2, 0.25) is 5.02 Å². The number of aryl methyl sites for hydroxylation is 2. The maximum atomic E-state index is 12.3. The Bertz CT molecular complexity index is 670. The van der Waals surface area contributed by atoms with E-state index in [1.165, 1.54) is 4.68 Å². The Morgan fingerprint density at radius 1 is 1.33 bits per heavy atom. The van der Waals surface area contributed by atoms with Crippen molar-refractivity contribution in [2.24, 2.45) is 7.05 Å². The van der Waals surface area contributed by atoms with E-state index in [2.05, 4.69) is 5.10 Å². The minimum atomic E-state index is -4.86. The van der Waals surface area contributed by atoms with Gasteiger partial charge in [0.15, 0.2) is 5.82 Å². The second-order valence-electron chi connectivity index (χ2n) is 3.88. The van der Waals surface area contributed by atoms with Gasteiger partial charge in [-0.15, -0.1) is 0 Å². The van der Waals surface area contributed by atoms with E-state index in [0.29, 0.717) is 10.9 Å². The Hall–Kier alpha value is -1.28. The van der Waals surface area contributed by atoms with E-state index in [-0.39, 0.29) is 10.8 Å². The molecule has 0 aliphatic heterocycles. The van der Waals surface area contributed by atoms with E-state index in [1.807, 2.05) is 18.6 Å². The number of hydrogen-bond acceptors (Lipinski definition) is 2. The number of aromatic nitrogens is 2. The average molecular weight is 342 g/mol. The molecule has 0 spiro atoms. The summed E-state index contributed by atoms with van der Waals surface area (Å²) in [6.07, 6.45) is 0. The van der Waals surface area contributed by atoms with E-state index >= 15 is 0 Å². The molecule has 1 unspecified atom stereocenters. The van der Waals surface area contributed by atoms with Gasteiger partial charge in [-0.25, -0.2) is 4.21 Å². The molecule has 0 radical (unpaired) electrons. The molecule has 1 aromatic heterocycles. The van der Waals surface area contributed by atoms with Crippen LogP contribution < -0.4 is 4.72 Å². The summed E-state index contributed by atoms with van der Waals surface area (Å²) in [7, 11) is -1.65. The highest BCUT2D eigenvalue weighted by Crippen LogP contribution is 2.33. The molecule has 1 N–H and O–H groups in total. The molecule has 1 heterocycles. The third-order valence-corrected chi connectivity index (χ3v) is 3.65. The second kappa shape index (κ2) is 6.65. The van der Waals surface area contributed by atoms with Crippen LogP contribution in [0.25, 0.3) is 10.9 Å². The molecule has 0 saturated heterocycles. The summed E-state index contributed by atoms with van der Waals surface area (Å²) < 4.78 is 51.2. The van der Waals surface area contributed by atoms with Crippen LogP contribution in [0.5, 0.6) is 0 Å². The Morgan fingerprint density at radius 2 is 1.90 bits per heavy atom. The fraction of sp³-hybridized carbons (Fsp3) is 0.417. The lowest BCUT2D eigenvalue weighted by molar-refractivity contribution is -0.0379. The molecule has 4 nitrogen and oxygen atoms in total. The Labute approximate surface area is 127 Å². The molecule has 1 atom stereocenters. The largest absolute Gasteiger partial charge is 0.490 e. The fourth-order valence-electron chi connectivity index (χ4n) is 1.78. The third kappa shape index (κ3) is 3.68. The van der Waals surface area contributed by atoms with Crippen LogP contribution in [0.3, 0.4) is 0 Å². The van der Waals surface area contributed by atoms with Gasteiger partial charge in [0.05, 0.1) is 15.9 Å². The molecule has 0 saturated carbocycles. The van der Waals surface area contributed by atoms with E-state index in [9.17, 15) is 17.4 Å². The van der Waals surface area contributed by atoms with Gasteiger partial charge in [-0.3, -0.25) is 9.40 Å². The number of nitrogens with zero attached hydrogens (tertiary/aromatic N) is 2. The van der Waals surface area contributed by atoms with Gasteiger partial charge < -0.3 is 0 Å². The van der Waals surface area contributed by atoms with Crippen molar-refractivity contribution < 1.29 is 17.4 Å². The number of rotatable bonds is 2. The number of benzene rings is 1. The second-order valence-corrected chi connectivity index (χ2v) is 5.49. The van der Waals surface area contributed by atoms with Crippen molar-refractivity contribution in [2.45, 2.75) is 26.3 Å². The fourth-order valence-corrected chi connectivity index (χ4v) is 2.46. The van der Waals surface area contributed by atoms with Crippen molar-refractivity contribution in [3.63, 3.8) is 0 Å². The first-order chi connectivity index (χ1) is 9.71. The van der Waals surface area contributed by atoms with Gasteiger partial charge in [0.1, 0.15) is 0 Å². The van der Waals surface area contributed by atoms with Crippen LogP contribution in [0, 0.1) is 6.92 Å². The van der Waals surface area contributed by atoms with Gasteiger partial charge >= 0.3 is 5.51 Å². The van der Waals surface area contributed by atoms with Crippen LogP contribution >= 0.6 is 11.6 Å². The van der Waals surface area contributed by atoms with Crippen LogP contribution in [0.4, 0.5) is 19.0 Å². The smallest absolute Gasteiger partial charge is 0.280 e. The number of alkyl halides is 3. The Morgan fingerprint density at radius 3 is 2.43 bits per heavy atom. The standard InChI is InChI=1S/C10H9ClF3N3OS.C2H6/c1-5-3-4-6(11)7-8(5)17(2)15-9(7)16-19(18)10(12,13)14;1-2/h3-4H,1-2H3,(H,15,16);1-2H3. The maximum Gasteiger partial charge on any atom is 0.490 e. The van der Waals surface area contributed by atoms with Crippen molar-refractivity contribution in [2.75, 3.05) is 4.72 Å². The molecule has 1 aromatic carbocycles. The van der Waals surface area contributed by atoms with Gasteiger partial charge in [0.2, 0.25) is 11.0 Å². The average Bonchev–Trinajstić information content (AvgIpc) is 2.73. The summed E-state index contributed by atoms with van der Waals surface area (Å²) in [5, 5.41) is 4.46. The van der Waals surface area contributed by atoms with Gasteiger partial charge in [-0.1, -0.05) is 31.5 Å². The first-order valence-electron chi connectivity index (χ1n) is 6.09. The summed E-state index contributed by atoms with van der Waals surface area (Å²) in [4.78, 5) is 0. The molecule has 0 aliphatic carbocycles. The van der Waals surface area contributed by atoms with Crippen molar-refractivity contribution in [1.82, 2.24) is 9.78 Å². The topological polar surface area (TPSA) is 46.9 Å². The zero-order valence-electron chi connectivity index (χ0n) is 11.9. The minimum Gasteiger partial charge on any atom is -0.280 e. The van der Waals surface area contributed by atoms with Crippen LogP contribution in [-0.4, -0.2) is 19.5 Å². The molecule has 0 fully saturated rings. The predicted octanol–water partition coefficient (Wildman–Crippen LogP) is 4.16. The monoisotopic (exact) mass is 341 g/mol. The van der Waals surface area contributed by atoms with Gasteiger partial charge in [-0.05, 0) is 18.6 Å². The summed E-state index contributed by atoms with van der Waals surface area (Å²) in [6, 6.07) is 3.29. The molecule has 21 heavy (non-hydrogen) atoms. The van der Waals surface area contributed by atoms with E-state index in [0.717, 1.165) is 5.56 Å². The molecular weight excluding hydrogens is 327 g/mol. The minimum absolute atomic E-state index is 0.151. The summed E-state index contributed by atoms with van der Waals surface area (Å²) in [5.41, 5.74) is -3.46. The summed E-state index contributed by atoms with van der Waals surface area (Å²) in [6.45, 7) is 5.78. The number of anilines is 1. The molecule has 9 heteroatoms. The molecule has 2 aromatic rings. The normalized spacial score (nSPS) is 12.8. The predicted molar refractivity (Wildman–Crippen MR) is 79.6 cm³/mol. The van der Waals surface area contributed by atoms with Crippen LogP contribution in [0.1, 0.15) is 19.4 Å². The first-order valence-corrected chi connectivity index (χ1v) is 7.61. The van der Waals surface area contributed by atoms with Gasteiger partial charge in [0, 0.05) is 7.05 Å². The van der Waals surface area contributed by atoms with Crippen LogP contribution in [0.15, 0.2) is 12.1 Å². The zero-order chi connectivity index (χ0) is 16.4. The van der Waals surface area contributed by atoms with Gasteiger partial charge in [-0.2, -0.15) is 18.3 Å². The molecular formula is C12H15ClF3N3OS. The summed E-state index contributed by atoms with van der Waals surface area (Å²) >= 11 is 5.97. The molecule has 118 valence electrons. The lowest BCUT2D eigenvalue weighted by Gasteiger charge is -2.07.